The van der Waals surface area contributed by atoms with Crippen LogP contribution in [-0.4, -0.2) is 63.5 Å². The zero-order valence-electron chi connectivity index (χ0n) is 16.2. The summed E-state index contributed by atoms with van der Waals surface area (Å²) in [6.07, 6.45) is -0.875. The van der Waals surface area contributed by atoms with Gasteiger partial charge in [0.1, 0.15) is 12.2 Å². The number of halogens is 3. The van der Waals surface area contributed by atoms with Crippen molar-refractivity contribution in [1.82, 2.24) is 14.9 Å². The summed E-state index contributed by atoms with van der Waals surface area (Å²) >= 11 is 1.71. The van der Waals surface area contributed by atoms with Gasteiger partial charge in [0, 0.05) is 43.4 Å². The molecule has 0 spiro atoms. The number of alkyl halides is 3. The summed E-state index contributed by atoms with van der Waals surface area (Å²) in [6, 6.07) is 6.18. The molecule has 4 heterocycles. The molecule has 7 nitrogen and oxygen atoms in total. The predicted molar refractivity (Wildman–Crippen MR) is 102 cm³/mol. The van der Waals surface area contributed by atoms with Crippen molar-refractivity contribution in [2.24, 2.45) is 0 Å². The first-order chi connectivity index (χ1) is 14.2. The average Bonchev–Trinajstić information content (AvgIpc) is 3.26. The average molecular weight is 445 g/mol. The molecule has 4 rings (SSSR count). The number of carbonyl (C=O) groups is 1. The van der Waals surface area contributed by atoms with Crippen molar-refractivity contribution in [1.29, 1.82) is 0 Å². The van der Waals surface area contributed by atoms with Crippen LogP contribution in [0.15, 0.2) is 29.8 Å². The van der Waals surface area contributed by atoms with Gasteiger partial charge in [-0.1, -0.05) is 6.07 Å². The Morgan fingerprint density at radius 2 is 2.20 bits per heavy atom. The number of likely N-dealkylation sites (tertiary alicyclic amines) is 1. The van der Waals surface area contributed by atoms with E-state index in [1.54, 1.807) is 17.5 Å². The molecule has 3 atom stereocenters. The van der Waals surface area contributed by atoms with Crippen molar-refractivity contribution < 1.29 is 32.5 Å². The van der Waals surface area contributed by atoms with Crippen LogP contribution in [0.25, 0.3) is 0 Å². The summed E-state index contributed by atoms with van der Waals surface area (Å²) in [5.74, 6) is -2.08. The zero-order valence-corrected chi connectivity index (χ0v) is 17.0. The van der Waals surface area contributed by atoms with Gasteiger partial charge in [-0.05, 0) is 25.8 Å². The van der Waals surface area contributed by atoms with Gasteiger partial charge in [-0.15, -0.1) is 11.3 Å². The number of carboxylic acids is 1. The molecule has 2 aliphatic heterocycles. The molecule has 0 aromatic carbocycles. The largest absolute Gasteiger partial charge is 0.490 e. The van der Waals surface area contributed by atoms with Crippen LogP contribution >= 0.6 is 11.3 Å². The third kappa shape index (κ3) is 5.89. The Hall–Kier alpha value is -2.24. The molecule has 2 fully saturated rings. The molecular weight excluding hydrogens is 423 g/mol. The molecule has 2 aromatic rings. The lowest BCUT2D eigenvalue weighted by Crippen LogP contribution is -2.42. The Kier molecular flexibility index (Phi) is 7.27. The van der Waals surface area contributed by atoms with E-state index in [9.17, 15) is 13.2 Å². The molecule has 2 aromatic heterocycles. The number of thiazole rings is 1. The maximum absolute atomic E-state index is 10.6. The summed E-state index contributed by atoms with van der Waals surface area (Å²) in [4.78, 5) is 20.2. The zero-order chi connectivity index (χ0) is 21.7. The SMILES string of the molecule is Cc1nc(CN2C[C@@H](Oc3ccccn3)[C@H]3OCCC[C@H]32)cs1.O=C(O)C(F)(F)F. The fraction of sp³-hybridized carbons (Fsp3) is 0.526. The standard InChI is InChI=1S/C17H21N3O2S.C2HF3O2/c1-12-19-13(11-23-12)9-20-10-15(17-14(20)5-4-8-21-17)22-16-6-2-3-7-18-16;3-2(4,5)1(6)7/h2-3,6-7,11,14-15,17H,4-5,8-10H2,1H3;(H,6,7)/t14-,15-,17+;/m1./s1. The van der Waals surface area contributed by atoms with Crippen LogP contribution in [0.4, 0.5) is 13.2 Å². The van der Waals surface area contributed by atoms with Crippen molar-refractivity contribution >= 4 is 17.3 Å². The van der Waals surface area contributed by atoms with Crippen molar-refractivity contribution in [3.63, 3.8) is 0 Å². The number of rotatable bonds is 4. The molecule has 11 heteroatoms. The van der Waals surface area contributed by atoms with Crippen LogP contribution in [0.2, 0.25) is 0 Å². The quantitative estimate of drug-likeness (QED) is 0.773. The number of nitrogens with zero attached hydrogens (tertiary/aromatic N) is 3. The van der Waals surface area contributed by atoms with Gasteiger partial charge in [0.15, 0.2) is 0 Å². The first-order valence-electron chi connectivity index (χ1n) is 9.38. The number of fused-ring (bicyclic) bond motifs is 1. The number of ether oxygens (including phenoxy) is 2. The van der Waals surface area contributed by atoms with E-state index in [4.69, 9.17) is 19.4 Å². The van der Waals surface area contributed by atoms with Crippen LogP contribution < -0.4 is 4.74 Å². The Labute approximate surface area is 175 Å². The van der Waals surface area contributed by atoms with Gasteiger partial charge in [0.05, 0.1) is 10.7 Å². The summed E-state index contributed by atoms with van der Waals surface area (Å²) in [6.45, 7) is 4.62. The maximum Gasteiger partial charge on any atom is 0.490 e. The normalized spacial score (nSPS) is 23.9. The smallest absolute Gasteiger partial charge is 0.475 e. The molecule has 0 bridgehead atoms. The molecule has 30 heavy (non-hydrogen) atoms. The van der Waals surface area contributed by atoms with E-state index < -0.39 is 12.1 Å². The minimum Gasteiger partial charge on any atom is -0.475 e. The minimum absolute atomic E-state index is 0.0370. The first kappa shape index (κ1) is 22.4. The Morgan fingerprint density at radius 3 is 2.80 bits per heavy atom. The van der Waals surface area contributed by atoms with Crippen LogP contribution in [0.3, 0.4) is 0 Å². The Morgan fingerprint density at radius 1 is 1.43 bits per heavy atom. The van der Waals surface area contributed by atoms with E-state index in [2.05, 4.69) is 27.2 Å². The molecule has 2 saturated heterocycles. The van der Waals surface area contributed by atoms with Gasteiger partial charge in [-0.25, -0.2) is 14.8 Å². The number of hydrogen-bond donors (Lipinski definition) is 1. The first-order valence-corrected chi connectivity index (χ1v) is 10.3. The van der Waals surface area contributed by atoms with Gasteiger partial charge in [-0.3, -0.25) is 4.90 Å². The van der Waals surface area contributed by atoms with E-state index in [0.29, 0.717) is 11.9 Å². The number of pyridine rings is 1. The second kappa shape index (κ2) is 9.71. The van der Waals surface area contributed by atoms with Crippen LogP contribution in [0, 0.1) is 6.92 Å². The summed E-state index contributed by atoms with van der Waals surface area (Å²) in [7, 11) is 0. The summed E-state index contributed by atoms with van der Waals surface area (Å²) in [5, 5.41) is 10.4. The second-order valence-corrected chi connectivity index (χ2v) is 8.02. The number of aliphatic carboxylic acids is 1. The molecule has 1 N–H and O–H groups in total. The van der Waals surface area contributed by atoms with E-state index in [-0.39, 0.29) is 12.2 Å². The fourth-order valence-corrected chi connectivity index (χ4v) is 4.15. The molecule has 0 saturated carbocycles. The number of aromatic nitrogens is 2. The highest BCUT2D eigenvalue weighted by Gasteiger charge is 2.45. The number of hydrogen-bond acceptors (Lipinski definition) is 7. The lowest BCUT2D eigenvalue weighted by Gasteiger charge is -2.31. The number of carboxylic acid groups (broad SMARTS) is 1. The van der Waals surface area contributed by atoms with Gasteiger partial charge < -0.3 is 14.6 Å². The van der Waals surface area contributed by atoms with Gasteiger partial charge in [0.2, 0.25) is 5.88 Å². The lowest BCUT2D eigenvalue weighted by molar-refractivity contribution is -0.192. The molecule has 2 aliphatic rings. The van der Waals surface area contributed by atoms with Crippen molar-refractivity contribution in [3.05, 3.63) is 40.5 Å². The lowest BCUT2D eigenvalue weighted by atomic mass is 10.0. The van der Waals surface area contributed by atoms with Crippen LogP contribution in [0.5, 0.6) is 5.88 Å². The fourth-order valence-electron chi connectivity index (χ4n) is 3.55. The summed E-state index contributed by atoms with van der Waals surface area (Å²) < 4.78 is 43.9. The Balaban J connectivity index is 0.000000318. The highest BCUT2D eigenvalue weighted by atomic mass is 32.1. The van der Waals surface area contributed by atoms with E-state index in [1.807, 2.05) is 18.2 Å². The highest BCUT2D eigenvalue weighted by Crippen LogP contribution is 2.32. The van der Waals surface area contributed by atoms with Crippen LogP contribution in [-0.2, 0) is 16.1 Å². The Bertz CT molecular complexity index is 834. The summed E-state index contributed by atoms with van der Waals surface area (Å²) in [5.41, 5.74) is 1.15. The van der Waals surface area contributed by atoms with E-state index in [0.717, 1.165) is 43.2 Å². The third-order valence-electron chi connectivity index (χ3n) is 4.77. The third-order valence-corrected chi connectivity index (χ3v) is 5.59. The van der Waals surface area contributed by atoms with Gasteiger partial charge in [-0.2, -0.15) is 13.2 Å². The highest BCUT2D eigenvalue weighted by molar-refractivity contribution is 7.09. The molecule has 0 radical (unpaired) electrons. The monoisotopic (exact) mass is 445 g/mol. The van der Waals surface area contributed by atoms with E-state index in [1.165, 1.54) is 0 Å². The van der Waals surface area contributed by atoms with Crippen molar-refractivity contribution in [2.75, 3.05) is 13.2 Å². The second-order valence-electron chi connectivity index (χ2n) is 6.96. The molecule has 164 valence electrons. The molecule has 0 amide bonds. The minimum atomic E-state index is -5.08. The molecule has 0 unspecified atom stereocenters. The number of aryl methyl sites for hydroxylation is 1. The van der Waals surface area contributed by atoms with Crippen molar-refractivity contribution in [3.8, 4) is 5.88 Å². The van der Waals surface area contributed by atoms with Crippen LogP contribution in [0.1, 0.15) is 23.5 Å². The maximum atomic E-state index is 10.6. The van der Waals surface area contributed by atoms with Gasteiger partial charge >= 0.3 is 12.1 Å². The molecular formula is C19H22F3N3O4S. The molecule has 0 aliphatic carbocycles. The van der Waals surface area contributed by atoms with Crippen molar-refractivity contribution in [2.45, 2.75) is 50.7 Å². The van der Waals surface area contributed by atoms with Gasteiger partial charge in [0.25, 0.3) is 0 Å². The predicted octanol–water partition coefficient (Wildman–Crippen LogP) is 3.29. The van der Waals surface area contributed by atoms with E-state index >= 15 is 0 Å². The topological polar surface area (TPSA) is 84.8 Å².